The van der Waals surface area contributed by atoms with Crippen molar-refractivity contribution in [1.82, 2.24) is 70.0 Å². The van der Waals surface area contributed by atoms with E-state index in [-0.39, 0.29) is 116 Å². The third kappa shape index (κ3) is 18.6. The quantitative estimate of drug-likeness (QED) is 0.0398. The maximum atomic E-state index is 15.0. The van der Waals surface area contributed by atoms with Crippen LogP contribution in [0, 0.1) is 31.3 Å². The molecule has 3 aliphatic rings. The standard InChI is InChI=1S/C25H24FN5O4S2.C24H22FN5O4S2.C19H21FN6O4S/c1-14-5-7-17(8-6-14)30(3)21(32)11-31-24(33)23(37-25(31)36)15(2)16-9-18(26)22(19(10-16)34-4)35-12-20-27-13-28-29-20;1-14-4-6-16(7-5-14)29(2)21(31)11-30-23(32)19(36-24(30)35)10-15-8-17(25)22(18(9-15)33-3)34-12-20-26-13-27-28-20;1-24(2)16(27)8-26-18(28)13(25(3)19(26)31)6-11-5-12(20)17(14(7-11)29-4)30-9-15-21-10-22-23-15/h5-10,13H,11-12H2,1-4H3,(H,27,28,29);4-10,13H,11-12H2,1-3H3,(H,26,27,28);5-7,10H,8-9H2,1-4H3,(H,21,22,23)/b23-15-;19-10-;13-6-. The molecule has 3 aliphatic heterocycles. The van der Waals surface area contributed by atoms with Crippen LogP contribution in [0.4, 0.5) is 24.5 Å². The fraction of sp³-hybridized carbons (Fsp3) is 0.250. The number of thioether (sulfide) groups is 2. The first-order valence-corrected chi connectivity index (χ1v) is 33.8. The van der Waals surface area contributed by atoms with E-state index in [0.717, 1.165) is 34.7 Å². The number of likely N-dealkylation sites (N-methyl/N-ethyl adjacent to an activating group) is 4. The summed E-state index contributed by atoms with van der Waals surface area (Å²) < 4.78 is 77.5. The number of anilines is 2. The Kier molecular flexibility index (Phi) is 25.7. The number of carbonyl (C=O) groups is 6. The van der Waals surface area contributed by atoms with Crippen molar-refractivity contribution in [3.05, 3.63) is 182 Å². The number of benzene rings is 5. The molecule has 3 saturated heterocycles. The Morgan fingerprint density at radius 1 is 0.538 bits per heavy atom. The third-order valence-corrected chi connectivity index (χ3v) is 19.0. The molecule has 11 rings (SSSR count). The molecule has 5 aromatic carbocycles. The Bertz CT molecular complexity index is 4660. The van der Waals surface area contributed by atoms with Gasteiger partial charge < -0.3 is 48.0 Å². The highest BCUT2D eigenvalue weighted by Gasteiger charge is 2.39. The maximum absolute atomic E-state index is 15.0. The number of hydrogen-bond acceptors (Lipinski definition) is 23. The van der Waals surface area contributed by atoms with Gasteiger partial charge in [0.1, 0.15) is 72.8 Å². The number of thiocarbonyl (C=S) groups is 3. The van der Waals surface area contributed by atoms with E-state index in [2.05, 4.69) is 45.5 Å². The number of allylic oxidation sites excluding steroid dienone is 1. The number of aromatic nitrogens is 9. The van der Waals surface area contributed by atoms with E-state index in [1.807, 2.05) is 62.4 Å². The molecule has 0 bridgehead atoms. The predicted octanol–water partition coefficient (Wildman–Crippen LogP) is 8.82. The summed E-state index contributed by atoms with van der Waals surface area (Å²) in [5.74, 6) is -2.75. The molecule has 8 aromatic rings. The van der Waals surface area contributed by atoms with Crippen molar-refractivity contribution in [2.24, 2.45) is 0 Å². The average molecular weight is 1520 g/mol. The molecule has 0 radical (unpaired) electrons. The first-order valence-electron chi connectivity index (χ1n) is 30.9. The van der Waals surface area contributed by atoms with Crippen LogP contribution in [0.25, 0.3) is 17.7 Å². The van der Waals surface area contributed by atoms with Crippen molar-refractivity contribution in [3.8, 4) is 34.5 Å². The summed E-state index contributed by atoms with van der Waals surface area (Å²) in [7, 11) is 12.2. The van der Waals surface area contributed by atoms with Gasteiger partial charge >= 0.3 is 0 Å². The largest absolute Gasteiger partial charge is 0.493 e. The van der Waals surface area contributed by atoms with Crippen LogP contribution in [0.1, 0.15) is 52.2 Å². The second kappa shape index (κ2) is 34.7. The number of halogens is 3. The van der Waals surface area contributed by atoms with Crippen molar-refractivity contribution in [1.29, 1.82) is 0 Å². The van der Waals surface area contributed by atoms with Crippen molar-refractivity contribution in [2.45, 2.75) is 40.6 Å². The molecule has 104 heavy (non-hydrogen) atoms. The number of amides is 6. The summed E-state index contributed by atoms with van der Waals surface area (Å²) in [6.07, 6.45) is 6.93. The first kappa shape index (κ1) is 77.1. The highest BCUT2D eigenvalue weighted by molar-refractivity contribution is 8.27. The topological polar surface area (TPSA) is 305 Å². The highest BCUT2D eigenvalue weighted by Crippen LogP contribution is 2.42. The maximum Gasteiger partial charge on any atom is 0.277 e. The minimum Gasteiger partial charge on any atom is -0.493 e. The summed E-state index contributed by atoms with van der Waals surface area (Å²) >= 11 is 18.2. The van der Waals surface area contributed by atoms with Gasteiger partial charge in [-0.1, -0.05) is 83.4 Å². The van der Waals surface area contributed by atoms with E-state index in [1.54, 1.807) is 54.3 Å². The number of carbonyl (C=O) groups excluding carboxylic acids is 6. The van der Waals surface area contributed by atoms with E-state index in [1.165, 1.54) is 111 Å². The predicted molar refractivity (Wildman–Crippen MR) is 393 cm³/mol. The van der Waals surface area contributed by atoms with E-state index in [0.29, 0.717) is 56.0 Å². The minimum atomic E-state index is -0.680. The summed E-state index contributed by atoms with van der Waals surface area (Å²) in [6.45, 7) is 4.91. The van der Waals surface area contributed by atoms with Gasteiger partial charge in [-0.2, -0.15) is 15.3 Å². The molecule has 3 N–H and O–H groups in total. The number of hydrogen-bond donors (Lipinski definition) is 3. The number of aromatic amines is 3. The highest BCUT2D eigenvalue weighted by atomic mass is 32.2. The van der Waals surface area contributed by atoms with Crippen LogP contribution in [0.2, 0.25) is 0 Å². The van der Waals surface area contributed by atoms with Gasteiger partial charge in [0.15, 0.2) is 74.5 Å². The van der Waals surface area contributed by atoms with Crippen LogP contribution < -0.4 is 38.2 Å². The zero-order valence-corrected chi connectivity index (χ0v) is 61.7. The molecule has 28 nitrogen and oxygen atoms in total. The molecule has 3 fully saturated rings. The number of rotatable bonds is 23. The Labute approximate surface area is 618 Å². The number of methoxy groups -OCH3 is 3. The Morgan fingerprint density at radius 3 is 1.37 bits per heavy atom. The normalized spacial score (nSPS) is 14.7. The van der Waals surface area contributed by atoms with Gasteiger partial charge in [0.25, 0.3) is 17.7 Å². The van der Waals surface area contributed by atoms with E-state index >= 15 is 4.39 Å². The zero-order valence-electron chi connectivity index (χ0n) is 57.6. The van der Waals surface area contributed by atoms with E-state index in [4.69, 9.17) is 65.1 Å². The lowest BCUT2D eigenvalue weighted by Crippen LogP contribution is -2.40. The fourth-order valence-corrected chi connectivity index (χ4v) is 12.5. The van der Waals surface area contributed by atoms with Gasteiger partial charge in [-0.05, 0) is 128 Å². The number of nitrogens with zero attached hydrogens (tertiary/aromatic N) is 13. The molecule has 0 saturated carbocycles. The van der Waals surface area contributed by atoms with Gasteiger partial charge in [0.2, 0.25) is 17.7 Å². The zero-order chi connectivity index (χ0) is 75.2. The van der Waals surface area contributed by atoms with Crippen LogP contribution in [0.15, 0.2) is 119 Å². The van der Waals surface area contributed by atoms with Gasteiger partial charge in [-0.25, -0.2) is 28.1 Å². The molecular formula is C68H67F3N16O12S5. The third-order valence-electron chi connectivity index (χ3n) is 15.6. The van der Waals surface area contributed by atoms with Crippen LogP contribution in [-0.2, 0) is 48.6 Å². The second-order valence-electron chi connectivity index (χ2n) is 22.8. The van der Waals surface area contributed by atoms with Gasteiger partial charge in [-0.15, -0.1) is 0 Å². The molecule has 0 atom stereocenters. The van der Waals surface area contributed by atoms with Crippen LogP contribution >= 0.6 is 60.2 Å². The number of ether oxygens (including phenoxy) is 6. The van der Waals surface area contributed by atoms with Gasteiger partial charge in [-0.3, -0.25) is 58.8 Å². The lowest BCUT2D eigenvalue weighted by atomic mass is 10.1. The lowest BCUT2D eigenvalue weighted by molar-refractivity contribution is -0.133. The lowest BCUT2D eigenvalue weighted by Gasteiger charge is -2.21. The molecular weight excluding hydrogens is 1450 g/mol. The molecule has 0 spiro atoms. The van der Waals surface area contributed by atoms with Crippen molar-refractivity contribution in [2.75, 3.05) is 86.0 Å². The van der Waals surface area contributed by atoms with Crippen LogP contribution in [0.3, 0.4) is 0 Å². The summed E-state index contributed by atoms with van der Waals surface area (Å²) in [4.78, 5) is 98.6. The monoisotopic (exact) mass is 1520 g/mol. The SMILES string of the molecule is COc1cc(/C(C)=C2\SC(=S)N(CC(=O)N(C)c3ccc(C)cc3)C2=O)cc(F)c1OCc1ncn[nH]1.COc1cc(/C=C2/C(=O)N(CC(=O)N(C)C)C(=S)N2C)cc(F)c1OCc1ncn[nH]1.COc1cc(/C=C2\SC(=S)N(CC(=O)N(C)c3ccc(C)cc3)C2=O)cc(F)c1OCc1ncn[nH]1. The molecule has 3 aromatic heterocycles. The number of nitrogens with one attached hydrogen (secondary N) is 3. The molecule has 6 heterocycles. The Hall–Kier alpha value is -11.1. The molecule has 6 amide bonds. The average Bonchev–Trinajstić information content (AvgIpc) is 1.62. The summed E-state index contributed by atoms with van der Waals surface area (Å²) in [5, 5.41) is 19.2. The smallest absolute Gasteiger partial charge is 0.277 e. The summed E-state index contributed by atoms with van der Waals surface area (Å²) in [6, 6.07) is 23.3. The van der Waals surface area contributed by atoms with Crippen molar-refractivity contribution in [3.63, 3.8) is 0 Å². The van der Waals surface area contributed by atoms with Crippen molar-refractivity contribution < 1.29 is 70.4 Å². The van der Waals surface area contributed by atoms with Gasteiger partial charge in [0, 0.05) is 46.6 Å². The molecule has 542 valence electrons. The van der Waals surface area contributed by atoms with Crippen LogP contribution in [0.5, 0.6) is 34.5 Å². The van der Waals surface area contributed by atoms with E-state index in [9.17, 15) is 37.5 Å². The molecule has 0 unspecified atom stereocenters. The number of H-pyrrole nitrogens is 3. The van der Waals surface area contributed by atoms with E-state index < -0.39 is 35.2 Å². The first-order chi connectivity index (χ1) is 49.7. The van der Waals surface area contributed by atoms with Crippen LogP contribution in [-0.4, -0.2) is 195 Å². The number of aryl methyl sites for hydroxylation is 2. The molecule has 0 aliphatic carbocycles. The summed E-state index contributed by atoms with van der Waals surface area (Å²) in [5.41, 5.74) is 5.42. The van der Waals surface area contributed by atoms with Gasteiger partial charge in [0.05, 0.1) is 31.1 Å². The minimum absolute atomic E-state index is 0.0297. The fourth-order valence-electron chi connectivity index (χ4n) is 9.70. The second-order valence-corrected chi connectivity index (χ2v) is 26.5. The molecule has 36 heteroatoms. The Morgan fingerprint density at radius 2 is 0.942 bits per heavy atom. The Balaban J connectivity index is 0.000000182. The van der Waals surface area contributed by atoms with Crippen molar-refractivity contribution >= 4 is 138 Å².